The van der Waals surface area contributed by atoms with Crippen LogP contribution in [0.5, 0.6) is 0 Å². The Kier molecular flexibility index (Phi) is 4.74. The van der Waals surface area contributed by atoms with Crippen molar-refractivity contribution < 1.29 is 9.53 Å². The van der Waals surface area contributed by atoms with Crippen LogP contribution in [0, 0.1) is 0 Å². The standard InChI is InChI=1S/C12H23NO2/c1-5-12(14)11-7-6-10(8-15-4)13(11)9(2)3/h9-11H,5-8H2,1-4H3/t10-,11+/m1/s1. The second-order valence-electron chi connectivity index (χ2n) is 4.56. The summed E-state index contributed by atoms with van der Waals surface area (Å²) in [6, 6.07) is 0.985. The fourth-order valence-electron chi connectivity index (χ4n) is 2.61. The second-order valence-corrected chi connectivity index (χ2v) is 4.56. The molecule has 1 fully saturated rings. The Morgan fingerprint density at radius 3 is 2.60 bits per heavy atom. The van der Waals surface area contributed by atoms with Crippen LogP contribution in [0.4, 0.5) is 0 Å². The monoisotopic (exact) mass is 213 g/mol. The van der Waals surface area contributed by atoms with Crippen molar-refractivity contribution in [2.75, 3.05) is 13.7 Å². The zero-order chi connectivity index (χ0) is 11.4. The van der Waals surface area contributed by atoms with E-state index in [2.05, 4.69) is 18.7 Å². The average Bonchev–Trinajstić information content (AvgIpc) is 2.61. The van der Waals surface area contributed by atoms with Gasteiger partial charge in [-0.2, -0.15) is 0 Å². The van der Waals surface area contributed by atoms with Crippen molar-refractivity contribution in [1.29, 1.82) is 0 Å². The molecule has 1 aliphatic rings. The number of carbonyl (C=O) groups excluding carboxylic acids is 1. The van der Waals surface area contributed by atoms with Crippen molar-refractivity contribution in [3.63, 3.8) is 0 Å². The molecule has 0 saturated carbocycles. The van der Waals surface area contributed by atoms with Gasteiger partial charge in [0.25, 0.3) is 0 Å². The fourth-order valence-corrected chi connectivity index (χ4v) is 2.61. The Morgan fingerprint density at radius 1 is 1.47 bits per heavy atom. The largest absolute Gasteiger partial charge is 0.383 e. The van der Waals surface area contributed by atoms with Gasteiger partial charge in [0.05, 0.1) is 12.6 Å². The van der Waals surface area contributed by atoms with Gasteiger partial charge in [-0.3, -0.25) is 9.69 Å². The fraction of sp³-hybridized carbons (Fsp3) is 0.917. The maximum Gasteiger partial charge on any atom is 0.149 e. The molecule has 1 saturated heterocycles. The molecule has 0 aromatic rings. The Bertz CT molecular complexity index is 216. The summed E-state index contributed by atoms with van der Waals surface area (Å²) in [5.74, 6) is 0.377. The van der Waals surface area contributed by atoms with Crippen molar-refractivity contribution in [1.82, 2.24) is 4.90 Å². The molecule has 1 heterocycles. The number of carbonyl (C=O) groups is 1. The molecule has 0 aliphatic carbocycles. The van der Waals surface area contributed by atoms with Gasteiger partial charge in [0.2, 0.25) is 0 Å². The number of ether oxygens (including phenoxy) is 1. The predicted molar refractivity (Wildman–Crippen MR) is 61.0 cm³/mol. The van der Waals surface area contributed by atoms with Crippen LogP contribution in [0.15, 0.2) is 0 Å². The molecular weight excluding hydrogens is 190 g/mol. The number of rotatable bonds is 5. The average molecular weight is 213 g/mol. The lowest BCUT2D eigenvalue weighted by Crippen LogP contribution is -2.46. The van der Waals surface area contributed by atoms with Crippen LogP contribution in [0.25, 0.3) is 0 Å². The first kappa shape index (κ1) is 12.7. The highest BCUT2D eigenvalue weighted by Gasteiger charge is 2.37. The lowest BCUT2D eigenvalue weighted by atomic mass is 10.1. The van der Waals surface area contributed by atoms with E-state index >= 15 is 0 Å². The first-order valence-electron chi connectivity index (χ1n) is 5.90. The second kappa shape index (κ2) is 5.61. The first-order chi connectivity index (χ1) is 7.11. The molecule has 3 nitrogen and oxygen atoms in total. The van der Waals surface area contributed by atoms with Gasteiger partial charge in [-0.1, -0.05) is 6.92 Å². The van der Waals surface area contributed by atoms with E-state index in [4.69, 9.17) is 4.74 Å². The van der Waals surface area contributed by atoms with Crippen LogP contribution in [0.1, 0.15) is 40.0 Å². The summed E-state index contributed by atoms with van der Waals surface area (Å²) < 4.78 is 5.21. The summed E-state index contributed by atoms with van der Waals surface area (Å²) >= 11 is 0. The summed E-state index contributed by atoms with van der Waals surface area (Å²) in [5.41, 5.74) is 0. The van der Waals surface area contributed by atoms with E-state index in [1.807, 2.05) is 6.92 Å². The lowest BCUT2D eigenvalue weighted by Gasteiger charge is -2.32. The van der Waals surface area contributed by atoms with E-state index in [1.54, 1.807) is 7.11 Å². The third-order valence-corrected chi connectivity index (χ3v) is 3.23. The summed E-state index contributed by atoms with van der Waals surface area (Å²) in [5, 5.41) is 0. The van der Waals surface area contributed by atoms with Gasteiger partial charge in [0.15, 0.2) is 0 Å². The lowest BCUT2D eigenvalue weighted by molar-refractivity contribution is -0.124. The highest BCUT2D eigenvalue weighted by Crippen LogP contribution is 2.27. The summed E-state index contributed by atoms with van der Waals surface area (Å²) in [6.07, 6.45) is 2.73. The van der Waals surface area contributed by atoms with Gasteiger partial charge < -0.3 is 4.74 Å². The summed E-state index contributed by atoms with van der Waals surface area (Å²) in [7, 11) is 1.73. The molecule has 0 radical (unpaired) electrons. The molecule has 88 valence electrons. The smallest absolute Gasteiger partial charge is 0.149 e. The highest BCUT2D eigenvalue weighted by atomic mass is 16.5. The van der Waals surface area contributed by atoms with Gasteiger partial charge in [0, 0.05) is 25.6 Å². The minimum Gasteiger partial charge on any atom is -0.383 e. The molecule has 0 aromatic heterocycles. The third kappa shape index (κ3) is 2.79. The zero-order valence-electron chi connectivity index (χ0n) is 10.3. The molecule has 1 rings (SSSR count). The maximum absolute atomic E-state index is 11.8. The van der Waals surface area contributed by atoms with E-state index in [1.165, 1.54) is 0 Å². The van der Waals surface area contributed by atoms with Gasteiger partial charge in [-0.25, -0.2) is 0 Å². The third-order valence-electron chi connectivity index (χ3n) is 3.23. The van der Waals surface area contributed by atoms with Crippen LogP contribution >= 0.6 is 0 Å². The minimum atomic E-state index is 0.134. The number of hydrogen-bond donors (Lipinski definition) is 0. The summed E-state index contributed by atoms with van der Waals surface area (Å²) in [6.45, 7) is 7.00. The Hall–Kier alpha value is -0.410. The van der Waals surface area contributed by atoms with Gasteiger partial charge >= 0.3 is 0 Å². The van der Waals surface area contributed by atoms with Crippen LogP contribution in [-0.4, -0.2) is 42.5 Å². The molecule has 0 spiro atoms. The highest BCUT2D eigenvalue weighted by molar-refractivity contribution is 5.84. The number of likely N-dealkylation sites (tertiary alicyclic amines) is 1. The molecule has 0 unspecified atom stereocenters. The number of methoxy groups -OCH3 is 1. The van der Waals surface area contributed by atoms with E-state index in [-0.39, 0.29) is 6.04 Å². The molecule has 2 atom stereocenters. The summed E-state index contributed by atoms with van der Waals surface area (Å²) in [4.78, 5) is 14.1. The molecule has 0 aromatic carbocycles. The topological polar surface area (TPSA) is 29.5 Å². The number of hydrogen-bond acceptors (Lipinski definition) is 3. The van der Waals surface area contributed by atoms with Crippen molar-refractivity contribution >= 4 is 5.78 Å². The van der Waals surface area contributed by atoms with Crippen molar-refractivity contribution in [3.05, 3.63) is 0 Å². The number of nitrogens with zero attached hydrogens (tertiary/aromatic N) is 1. The van der Waals surface area contributed by atoms with Crippen LogP contribution < -0.4 is 0 Å². The number of Topliss-reactive ketones (excluding diaryl/α,β-unsaturated/α-hetero) is 1. The van der Waals surface area contributed by atoms with Gasteiger partial charge in [-0.05, 0) is 26.7 Å². The van der Waals surface area contributed by atoms with Crippen molar-refractivity contribution in [2.24, 2.45) is 0 Å². The number of ketones is 1. The maximum atomic E-state index is 11.8. The van der Waals surface area contributed by atoms with E-state index in [0.29, 0.717) is 24.3 Å². The normalized spacial score (nSPS) is 27.5. The molecular formula is C12H23NO2. The van der Waals surface area contributed by atoms with Gasteiger partial charge in [-0.15, -0.1) is 0 Å². The van der Waals surface area contributed by atoms with Gasteiger partial charge in [0.1, 0.15) is 5.78 Å². The van der Waals surface area contributed by atoms with E-state index in [0.717, 1.165) is 19.4 Å². The van der Waals surface area contributed by atoms with E-state index in [9.17, 15) is 4.79 Å². The van der Waals surface area contributed by atoms with Crippen LogP contribution in [-0.2, 0) is 9.53 Å². The molecule has 0 N–H and O–H groups in total. The first-order valence-corrected chi connectivity index (χ1v) is 5.90. The van der Waals surface area contributed by atoms with E-state index < -0.39 is 0 Å². The van der Waals surface area contributed by atoms with Crippen LogP contribution in [0.3, 0.4) is 0 Å². The molecule has 15 heavy (non-hydrogen) atoms. The van der Waals surface area contributed by atoms with Crippen LogP contribution in [0.2, 0.25) is 0 Å². The Morgan fingerprint density at radius 2 is 2.13 bits per heavy atom. The van der Waals surface area contributed by atoms with Crippen molar-refractivity contribution in [3.8, 4) is 0 Å². The SMILES string of the molecule is CCC(=O)[C@@H]1CC[C@H](COC)N1C(C)C. The molecule has 0 amide bonds. The Balaban J connectivity index is 2.70. The quantitative estimate of drug-likeness (QED) is 0.698. The predicted octanol–water partition coefficient (Wildman–Crippen LogP) is 1.85. The zero-order valence-corrected chi connectivity index (χ0v) is 10.3. The molecule has 0 bridgehead atoms. The Labute approximate surface area is 92.8 Å². The minimum absolute atomic E-state index is 0.134. The van der Waals surface area contributed by atoms with Crippen molar-refractivity contribution in [2.45, 2.75) is 58.2 Å². The molecule has 1 aliphatic heterocycles. The molecule has 3 heteroatoms.